The number of rotatable bonds is 3. The van der Waals surface area contributed by atoms with Crippen LogP contribution in [0.25, 0.3) is 0 Å². The van der Waals surface area contributed by atoms with Gasteiger partial charge in [-0.3, -0.25) is 29.4 Å². The SMILES string of the molecule is COc1cc([N+](=O)[O-])ccc1N1C(=O)[C@@H]2[C@@H]3CCCN3[C@@]3(C(=O)Nc4ccccc43)[C@H]2C1=O. The van der Waals surface area contributed by atoms with E-state index in [0.717, 1.165) is 11.3 Å². The first-order valence-electron chi connectivity index (χ1n) is 10.8. The average Bonchev–Trinajstić information content (AvgIpc) is 3.51. The number of carbonyl (C=O) groups excluding carboxylic acids is 3. The van der Waals surface area contributed by atoms with Crippen LogP contribution in [0.2, 0.25) is 0 Å². The number of nitrogens with zero attached hydrogens (tertiary/aromatic N) is 3. The topological polar surface area (TPSA) is 122 Å². The summed E-state index contributed by atoms with van der Waals surface area (Å²) in [6.07, 6.45) is 1.54. The second-order valence-corrected chi connectivity index (χ2v) is 8.80. The van der Waals surface area contributed by atoms with Crippen LogP contribution in [0.15, 0.2) is 42.5 Å². The molecule has 4 aliphatic heterocycles. The van der Waals surface area contributed by atoms with Gasteiger partial charge < -0.3 is 10.1 Å². The molecule has 10 nitrogen and oxygen atoms in total. The predicted molar refractivity (Wildman–Crippen MR) is 116 cm³/mol. The van der Waals surface area contributed by atoms with Gasteiger partial charge in [0.05, 0.1) is 35.6 Å². The number of imide groups is 1. The maximum absolute atomic E-state index is 13.9. The number of amides is 3. The van der Waals surface area contributed by atoms with Crippen molar-refractivity contribution in [1.82, 2.24) is 4.90 Å². The molecule has 2 aromatic rings. The molecular formula is C23H20N4O6. The first-order chi connectivity index (χ1) is 15.9. The fourth-order valence-corrected chi connectivity index (χ4v) is 6.36. The number of ether oxygens (including phenoxy) is 1. The molecule has 0 aromatic heterocycles. The van der Waals surface area contributed by atoms with Gasteiger partial charge >= 0.3 is 0 Å². The van der Waals surface area contributed by atoms with Crippen LogP contribution in [0.5, 0.6) is 5.75 Å². The number of hydrogen-bond acceptors (Lipinski definition) is 7. The zero-order valence-corrected chi connectivity index (χ0v) is 17.7. The Morgan fingerprint density at radius 1 is 1.15 bits per heavy atom. The Balaban J connectivity index is 1.53. The lowest BCUT2D eigenvalue weighted by Gasteiger charge is -2.36. The summed E-state index contributed by atoms with van der Waals surface area (Å²) in [6.45, 7) is 0.626. The molecule has 2 aromatic carbocycles. The number of hydrogen-bond donors (Lipinski definition) is 1. The third-order valence-electron chi connectivity index (χ3n) is 7.52. The lowest BCUT2D eigenvalue weighted by molar-refractivity contribution is -0.384. The molecule has 4 atom stereocenters. The van der Waals surface area contributed by atoms with Crippen molar-refractivity contribution in [2.75, 3.05) is 23.9 Å². The number of fused-ring (bicyclic) bond motifs is 7. The van der Waals surface area contributed by atoms with E-state index in [-0.39, 0.29) is 29.1 Å². The molecule has 10 heteroatoms. The summed E-state index contributed by atoms with van der Waals surface area (Å²) in [5, 5.41) is 14.1. The molecule has 0 aliphatic carbocycles. The van der Waals surface area contributed by atoms with Gasteiger partial charge in [-0.2, -0.15) is 0 Å². The molecule has 33 heavy (non-hydrogen) atoms. The van der Waals surface area contributed by atoms with Gasteiger partial charge in [0.25, 0.3) is 5.69 Å². The molecule has 3 saturated heterocycles. The highest BCUT2D eigenvalue weighted by atomic mass is 16.6. The van der Waals surface area contributed by atoms with Gasteiger partial charge in [0.2, 0.25) is 17.7 Å². The number of para-hydroxylation sites is 1. The van der Waals surface area contributed by atoms with E-state index >= 15 is 0 Å². The lowest BCUT2D eigenvalue weighted by atomic mass is 9.75. The molecule has 4 aliphatic rings. The van der Waals surface area contributed by atoms with Crippen LogP contribution in [0, 0.1) is 22.0 Å². The Bertz CT molecular complexity index is 1260. The molecule has 3 amide bonds. The minimum atomic E-state index is -1.25. The first kappa shape index (κ1) is 19.9. The highest BCUT2D eigenvalue weighted by Crippen LogP contribution is 2.61. The summed E-state index contributed by atoms with van der Waals surface area (Å²) in [6, 6.07) is 10.9. The number of methoxy groups -OCH3 is 1. The smallest absolute Gasteiger partial charge is 0.273 e. The van der Waals surface area contributed by atoms with Gasteiger partial charge in [-0.1, -0.05) is 18.2 Å². The van der Waals surface area contributed by atoms with Crippen LogP contribution in [0.1, 0.15) is 18.4 Å². The molecule has 3 fully saturated rings. The fourth-order valence-electron chi connectivity index (χ4n) is 6.36. The van der Waals surface area contributed by atoms with Crippen molar-refractivity contribution in [3.05, 3.63) is 58.1 Å². The summed E-state index contributed by atoms with van der Waals surface area (Å²) in [5.74, 6) is -2.70. The Hall–Kier alpha value is -3.79. The van der Waals surface area contributed by atoms with Gasteiger partial charge in [0.15, 0.2) is 0 Å². The van der Waals surface area contributed by atoms with E-state index in [1.54, 1.807) is 6.07 Å². The van der Waals surface area contributed by atoms with E-state index in [9.17, 15) is 24.5 Å². The van der Waals surface area contributed by atoms with Crippen molar-refractivity contribution in [2.45, 2.75) is 24.4 Å². The predicted octanol–water partition coefficient (Wildman–Crippen LogP) is 2.03. The number of nitrogens with one attached hydrogen (secondary N) is 1. The Morgan fingerprint density at radius 2 is 1.94 bits per heavy atom. The van der Waals surface area contributed by atoms with E-state index in [1.807, 2.05) is 23.1 Å². The van der Waals surface area contributed by atoms with Crippen molar-refractivity contribution in [2.24, 2.45) is 11.8 Å². The van der Waals surface area contributed by atoms with Crippen molar-refractivity contribution in [3.8, 4) is 5.75 Å². The van der Waals surface area contributed by atoms with Gasteiger partial charge in [0.1, 0.15) is 11.3 Å². The van der Waals surface area contributed by atoms with Gasteiger partial charge in [-0.05, 0) is 31.5 Å². The molecule has 0 unspecified atom stereocenters. The Labute approximate surface area is 188 Å². The number of nitro benzene ring substituents is 1. The standard InChI is InChI=1S/C23H20N4O6/c1-33-17-11-12(27(31)32)8-9-15(17)26-20(28)18-16-7-4-10-25(16)23(19(18)21(26)29)13-5-2-3-6-14(13)24-22(23)30/h2-3,5-6,8-9,11,16,18-19H,4,7,10H2,1H3,(H,24,30)/t16-,18+,19+,23+/m0/s1. The molecule has 1 spiro atoms. The molecule has 168 valence electrons. The minimum absolute atomic E-state index is 0.0551. The monoisotopic (exact) mass is 448 g/mol. The zero-order chi connectivity index (χ0) is 23.1. The maximum atomic E-state index is 13.9. The van der Waals surface area contributed by atoms with Crippen LogP contribution in [0.4, 0.5) is 17.1 Å². The average molecular weight is 448 g/mol. The van der Waals surface area contributed by atoms with Crippen LogP contribution < -0.4 is 15.0 Å². The highest BCUT2D eigenvalue weighted by molar-refractivity contribution is 6.26. The molecule has 0 bridgehead atoms. The van der Waals surface area contributed by atoms with Crippen molar-refractivity contribution < 1.29 is 24.0 Å². The van der Waals surface area contributed by atoms with E-state index < -0.39 is 34.1 Å². The summed E-state index contributed by atoms with van der Waals surface area (Å²) < 4.78 is 5.31. The lowest BCUT2D eigenvalue weighted by Crippen LogP contribution is -2.54. The molecule has 0 saturated carbocycles. The first-order valence-corrected chi connectivity index (χ1v) is 10.8. The molecule has 1 N–H and O–H groups in total. The van der Waals surface area contributed by atoms with E-state index in [1.165, 1.54) is 25.3 Å². The van der Waals surface area contributed by atoms with Gasteiger partial charge in [-0.25, -0.2) is 4.90 Å². The largest absolute Gasteiger partial charge is 0.494 e. The fraction of sp³-hybridized carbons (Fsp3) is 0.348. The van der Waals surface area contributed by atoms with Gasteiger partial charge in [0, 0.05) is 23.4 Å². The number of anilines is 2. The third kappa shape index (κ3) is 2.28. The number of non-ortho nitro benzene ring substituents is 1. The Kier molecular flexibility index (Phi) is 3.98. The maximum Gasteiger partial charge on any atom is 0.273 e. The molecular weight excluding hydrogens is 428 g/mol. The second-order valence-electron chi connectivity index (χ2n) is 8.80. The Morgan fingerprint density at radius 3 is 2.70 bits per heavy atom. The normalized spacial score (nSPS) is 29.9. The third-order valence-corrected chi connectivity index (χ3v) is 7.52. The van der Waals surface area contributed by atoms with Crippen molar-refractivity contribution in [3.63, 3.8) is 0 Å². The number of nitro groups is 1. The van der Waals surface area contributed by atoms with Gasteiger partial charge in [-0.15, -0.1) is 0 Å². The van der Waals surface area contributed by atoms with Crippen molar-refractivity contribution in [1.29, 1.82) is 0 Å². The number of carbonyl (C=O) groups is 3. The summed E-state index contributed by atoms with van der Waals surface area (Å²) in [4.78, 5) is 55.0. The summed E-state index contributed by atoms with van der Waals surface area (Å²) in [7, 11) is 1.33. The van der Waals surface area contributed by atoms with Crippen LogP contribution >= 0.6 is 0 Å². The van der Waals surface area contributed by atoms with E-state index in [4.69, 9.17) is 4.74 Å². The molecule has 6 rings (SSSR count). The molecule has 4 heterocycles. The van der Waals surface area contributed by atoms with Crippen LogP contribution in [-0.4, -0.2) is 47.2 Å². The highest BCUT2D eigenvalue weighted by Gasteiger charge is 2.74. The second kappa shape index (κ2) is 6.61. The van der Waals surface area contributed by atoms with E-state index in [0.29, 0.717) is 24.2 Å². The van der Waals surface area contributed by atoms with E-state index in [2.05, 4.69) is 5.32 Å². The number of benzene rings is 2. The van der Waals surface area contributed by atoms with Crippen LogP contribution in [0.3, 0.4) is 0 Å². The minimum Gasteiger partial charge on any atom is -0.494 e. The zero-order valence-electron chi connectivity index (χ0n) is 17.7. The van der Waals surface area contributed by atoms with Crippen molar-refractivity contribution >= 4 is 34.8 Å². The summed E-state index contributed by atoms with van der Waals surface area (Å²) in [5.41, 5.74) is 0.0579. The summed E-state index contributed by atoms with van der Waals surface area (Å²) >= 11 is 0. The quantitative estimate of drug-likeness (QED) is 0.433. The molecule has 0 radical (unpaired) electrons. The van der Waals surface area contributed by atoms with Crippen LogP contribution in [-0.2, 0) is 19.9 Å².